The first kappa shape index (κ1) is 6.84. The molecule has 0 aromatic rings. The topological polar surface area (TPSA) is 9.23 Å². The van der Waals surface area contributed by atoms with Gasteiger partial charge in [0.1, 0.15) is 5.56 Å². The number of halogens is 2. The van der Waals surface area contributed by atoms with E-state index in [1.165, 1.54) is 0 Å². The zero-order valence-corrected chi connectivity index (χ0v) is 6.65. The van der Waals surface area contributed by atoms with Crippen molar-refractivity contribution in [2.24, 2.45) is 0 Å². The van der Waals surface area contributed by atoms with Gasteiger partial charge >= 0.3 is 0 Å². The highest BCUT2D eigenvalue weighted by Crippen LogP contribution is 2.24. The van der Waals surface area contributed by atoms with Gasteiger partial charge in [-0.2, -0.15) is 0 Å². The van der Waals surface area contributed by atoms with Crippen molar-refractivity contribution in [1.29, 1.82) is 0 Å². The zero-order chi connectivity index (χ0) is 5.98. The lowest BCUT2D eigenvalue weighted by Crippen LogP contribution is -2.17. The summed E-state index contributed by atoms with van der Waals surface area (Å²) in [6.45, 7) is 1.75. The molecule has 2 atom stereocenters. The summed E-state index contributed by atoms with van der Waals surface area (Å²) in [7, 11) is 0. The van der Waals surface area contributed by atoms with Gasteiger partial charge in [-0.3, -0.25) is 0 Å². The largest absolute Gasteiger partial charge is 0.356 e. The van der Waals surface area contributed by atoms with E-state index >= 15 is 0 Å². The summed E-state index contributed by atoms with van der Waals surface area (Å²) >= 11 is 9.06. The molecule has 1 aliphatic rings. The summed E-state index contributed by atoms with van der Waals surface area (Å²) in [6, 6.07) is 0. The zero-order valence-electron chi connectivity index (χ0n) is 4.31. The standard InChI is InChI=1S/C5H7BrClO/c6-4-1-2-8-5(7)3-4/h2,4-5H,1,3H2. The minimum absolute atomic E-state index is 0.117. The van der Waals surface area contributed by atoms with Crippen molar-refractivity contribution in [3.05, 3.63) is 6.61 Å². The van der Waals surface area contributed by atoms with Gasteiger partial charge in [0.2, 0.25) is 0 Å². The summed E-state index contributed by atoms with van der Waals surface area (Å²) in [4.78, 5) is 0.513. The molecule has 0 N–H and O–H groups in total. The van der Waals surface area contributed by atoms with Crippen molar-refractivity contribution in [2.45, 2.75) is 23.2 Å². The molecule has 1 saturated heterocycles. The van der Waals surface area contributed by atoms with Crippen molar-refractivity contribution >= 4 is 27.5 Å². The summed E-state index contributed by atoms with van der Waals surface area (Å²) in [5.74, 6) is 0. The predicted octanol–water partition coefficient (Wildman–Crippen LogP) is 2.29. The number of rotatable bonds is 0. The second-order valence-electron chi connectivity index (χ2n) is 1.78. The summed E-state index contributed by atoms with van der Waals surface area (Å²) < 4.78 is 4.96. The van der Waals surface area contributed by atoms with Crippen LogP contribution in [0.3, 0.4) is 0 Å². The quantitative estimate of drug-likeness (QED) is 0.543. The SMILES string of the molecule is ClC1CC(Br)C[CH]O1. The molecule has 1 fully saturated rings. The predicted molar refractivity (Wildman–Crippen MR) is 37.0 cm³/mol. The Labute approximate surface area is 62.5 Å². The van der Waals surface area contributed by atoms with Crippen molar-refractivity contribution in [2.75, 3.05) is 0 Å². The Balaban J connectivity index is 2.23. The molecule has 0 saturated carbocycles. The monoisotopic (exact) mass is 197 g/mol. The second kappa shape index (κ2) is 3.04. The number of hydrogen-bond acceptors (Lipinski definition) is 1. The Morgan fingerprint density at radius 3 is 2.88 bits per heavy atom. The number of ether oxygens (including phenoxy) is 1. The molecule has 47 valence electrons. The maximum Gasteiger partial charge on any atom is 0.132 e. The minimum atomic E-state index is -0.117. The van der Waals surface area contributed by atoms with Gasteiger partial charge in [-0.05, 0) is 6.42 Å². The van der Waals surface area contributed by atoms with Crippen LogP contribution in [0.25, 0.3) is 0 Å². The first-order valence-electron chi connectivity index (χ1n) is 2.54. The van der Waals surface area contributed by atoms with Crippen LogP contribution in [-0.4, -0.2) is 10.4 Å². The van der Waals surface area contributed by atoms with Crippen LogP contribution in [-0.2, 0) is 4.74 Å². The van der Waals surface area contributed by atoms with E-state index in [1.807, 2.05) is 0 Å². The molecule has 1 heterocycles. The van der Waals surface area contributed by atoms with Crippen LogP contribution in [0.5, 0.6) is 0 Å². The van der Waals surface area contributed by atoms with Crippen molar-refractivity contribution in [3.8, 4) is 0 Å². The maximum absolute atomic E-state index is 5.63. The average molecular weight is 198 g/mol. The molecule has 0 aromatic heterocycles. The molecule has 0 aliphatic carbocycles. The summed E-state index contributed by atoms with van der Waals surface area (Å²) in [5, 5.41) is 0. The fraction of sp³-hybridized carbons (Fsp3) is 0.800. The third-order valence-electron chi connectivity index (χ3n) is 1.04. The van der Waals surface area contributed by atoms with Gasteiger partial charge in [-0.15, -0.1) is 0 Å². The van der Waals surface area contributed by atoms with Crippen LogP contribution in [0.15, 0.2) is 0 Å². The molecule has 1 aliphatic heterocycles. The van der Waals surface area contributed by atoms with E-state index in [0.717, 1.165) is 12.8 Å². The van der Waals surface area contributed by atoms with Crippen LogP contribution in [0.1, 0.15) is 12.8 Å². The van der Waals surface area contributed by atoms with Gasteiger partial charge in [-0.1, -0.05) is 27.5 Å². The third kappa shape index (κ3) is 1.92. The molecule has 0 amide bonds. The molecular weight excluding hydrogens is 191 g/mol. The Morgan fingerprint density at radius 2 is 2.50 bits per heavy atom. The molecule has 0 aromatic carbocycles. The van der Waals surface area contributed by atoms with E-state index < -0.39 is 0 Å². The van der Waals surface area contributed by atoms with E-state index in [9.17, 15) is 0 Å². The lowest BCUT2D eigenvalue weighted by molar-refractivity contribution is 0.128. The number of alkyl halides is 2. The molecule has 8 heavy (non-hydrogen) atoms. The van der Waals surface area contributed by atoms with Crippen LogP contribution >= 0.6 is 27.5 Å². The second-order valence-corrected chi connectivity index (χ2v) is 3.56. The lowest BCUT2D eigenvalue weighted by Gasteiger charge is -2.20. The van der Waals surface area contributed by atoms with Gasteiger partial charge in [-0.25, -0.2) is 0 Å². The smallest absolute Gasteiger partial charge is 0.132 e. The van der Waals surface area contributed by atoms with E-state index in [4.69, 9.17) is 16.3 Å². The van der Waals surface area contributed by atoms with Crippen LogP contribution < -0.4 is 0 Å². The summed E-state index contributed by atoms with van der Waals surface area (Å²) in [6.07, 6.45) is 1.86. The van der Waals surface area contributed by atoms with Gasteiger partial charge in [0.25, 0.3) is 0 Å². The highest BCUT2D eigenvalue weighted by atomic mass is 79.9. The maximum atomic E-state index is 5.63. The van der Waals surface area contributed by atoms with E-state index in [-0.39, 0.29) is 5.56 Å². The third-order valence-corrected chi connectivity index (χ3v) is 2.07. The normalized spacial score (nSPS) is 39.8. The molecular formula is C5H7BrClO. The van der Waals surface area contributed by atoms with Gasteiger partial charge in [0, 0.05) is 11.2 Å². The minimum Gasteiger partial charge on any atom is -0.356 e. The molecule has 1 nitrogen and oxygen atoms in total. The molecule has 1 radical (unpaired) electrons. The lowest BCUT2D eigenvalue weighted by atomic mass is 10.2. The molecule has 3 heteroatoms. The average Bonchev–Trinajstić information content (AvgIpc) is 1.64. The van der Waals surface area contributed by atoms with Crippen LogP contribution in [0, 0.1) is 6.61 Å². The molecule has 0 spiro atoms. The van der Waals surface area contributed by atoms with Crippen molar-refractivity contribution < 1.29 is 4.74 Å². The fourth-order valence-corrected chi connectivity index (χ4v) is 1.61. The van der Waals surface area contributed by atoms with Crippen molar-refractivity contribution in [3.63, 3.8) is 0 Å². The molecule has 1 rings (SSSR count). The fourth-order valence-electron chi connectivity index (χ4n) is 0.617. The van der Waals surface area contributed by atoms with Crippen LogP contribution in [0.4, 0.5) is 0 Å². The Morgan fingerprint density at radius 1 is 1.75 bits per heavy atom. The van der Waals surface area contributed by atoms with E-state index in [2.05, 4.69) is 15.9 Å². The first-order chi connectivity index (χ1) is 3.79. The summed E-state index contributed by atoms with van der Waals surface area (Å²) in [5.41, 5.74) is -0.117. The molecule has 2 unspecified atom stereocenters. The van der Waals surface area contributed by atoms with E-state index in [0.29, 0.717) is 4.83 Å². The van der Waals surface area contributed by atoms with Gasteiger partial charge in [0.15, 0.2) is 0 Å². The first-order valence-corrected chi connectivity index (χ1v) is 3.89. The van der Waals surface area contributed by atoms with Crippen molar-refractivity contribution in [1.82, 2.24) is 0 Å². The van der Waals surface area contributed by atoms with Gasteiger partial charge in [0.05, 0.1) is 6.61 Å². The Hall–Kier alpha value is 0.730. The van der Waals surface area contributed by atoms with Crippen LogP contribution in [0.2, 0.25) is 0 Å². The highest BCUT2D eigenvalue weighted by Gasteiger charge is 2.17. The Bertz CT molecular complexity index is 70.8. The Kier molecular flexibility index (Phi) is 2.60. The molecule has 0 bridgehead atoms. The van der Waals surface area contributed by atoms with E-state index in [1.54, 1.807) is 6.61 Å². The highest BCUT2D eigenvalue weighted by molar-refractivity contribution is 9.09. The number of hydrogen-bond donors (Lipinski definition) is 0. The van der Waals surface area contributed by atoms with Gasteiger partial charge < -0.3 is 4.74 Å².